The normalized spacial score (nSPS) is 12.0. The van der Waals surface area contributed by atoms with Crippen LogP contribution < -0.4 is 5.32 Å². The van der Waals surface area contributed by atoms with E-state index >= 15 is 0 Å². The highest BCUT2D eigenvalue weighted by molar-refractivity contribution is 5.56. The van der Waals surface area contributed by atoms with E-state index in [4.69, 9.17) is 4.42 Å². The highest BCUT2D eigenvalue weighted by Crippen LogP contribution is 2.30. The zero-order valence-corrected chi connectivity index (χ0v) is 15.7. The molecule has 0 bridgehead atoms. The monoisotopic (exact) mass is 373 g/mol. The van der Waals surface area contributed by atoms with Gasteiger partial charge in [-0.1, -0.05) is 42.5 Å². The molecule has 5 heteroatoms. The molecule has 0 fully saturated rings. The fourth-order valence-electron chi connectivity index (χ4n) is 3.04. The zero-order chi connectivity index (χ0) is 19.5. The van der Waals surface area contributed by atoms with E-state index in [0.717, 1.165) is 27.9 Å². The average Bonchev–Trinajstić information content (AvgIpc) is 3.20. The molecule has 0 aliphatic carbocycles. The Morgan fingerprint density at radius 2 is 1.64 bits per heavy atom. The van der Waals surface area contributed by atoms with E-state index < -0.39 is 6.04 Å². The van der Waals surface area contributed by atoms with Crippen LogP contribution in [0.3, 0.4) is 0 Å². The molecule has 140 valence electrons. The van der Waals surface area contributed by atoms with Crippen molar-refractivity contribution in [2.75, 3.05) is 5.32 Å². The predicted octanol–water partition coefficient (Wildman–Crippen LogP) is 5.69. The molecule has 0 radical (unpaired) electrons. The van der Waals surface area contributed by atoms with E-state index in [9.17, 15) is 4.39 Å². The van der Waals surface area contributed by atoms with Crippen molar-refractivity contribution in [1.29, 1.82) is 0 Å². The topological polar surface area (TPSA) is 51.0 Å². The van der Waals surface area contributed by atoms with Gasteiger partial charge in [0.2, 0.25) is 11.8 Å². The van der Waals surface area contributed by atoms with Crippen molar-refractivity contribution in [2.45, 2.75) is 19.9 Å². The van der Waals surface area contributed by atoms with E-state index in [-0.39, 0.29) is 5.82 Å². The molecular weight excluding hydrogens is 353 g/mol. The van der Waals surface area contributed by atoms with Crippen molar-refractivity contribution in [1.82, 2.24) is 10.2 Å². The van der Waals surface area contributed by atoms with Crippen LogP contribution in [0.1, 0.15) is 28.6 Å². The van der Waals surface area contributed by atoms with Crippen molar-refractivity contribution < 1.29 is 8.81 Å². The summed E-state index contributed by atoms with van der Waals surface area (Å²) in [5, 5.41) is 12.0. The largest absolute Gasteiger partial charge is 0.418 e. The Kier molecular flexibility index (Phi) is 4.89. The summed E-state index contributed by atoms with van der Waals surface area (Å²) in [6.07, 6.45) is 0. The van der Waals surface area contributed by atoms with Gasteiger partial charge in [0.15, 0.2) is 0 Å². The van der Waals surface area contributed by atoms with E-state index in [0.29, 0.717) is 11.8 Å². The Morgan fingerprint density at radius 1 is 0.893 bits per heavy atom. The fourth-order valence-corrected chi connectivity index (χ4v) is 3.04. The molecule has 1 N–H and O–H groups in total. The van der Waals surface area contributed by atoms with Crippen molar-refractivity contribution in [3.8, 4) is 11.5 Å². The minimum atomic E-state index is -0.397. The van der Waals surface area contributed by atoms with E-state index in [1.165, 1.54) is 12.1 Å². The molecular formula is C23H20FN3O. The second-order valence-electron chi connectivity index (χ2n) is 6.76. The van der Waals surface area contributed by atoms with Gasteiger partial charge in [0.25, 0.3) is 0 Å². The molecule has 3 aromatic carbocycles. The summed E-state index contributed by atoms with van der Waals surface area (Å²) in [5.74, 6) is 0.585. The molecule has 0 spiro atoms. The van der Waals surface area contributed by atoms with E-state index in [1.54, 1.807) is 12.1 Å². The summed E-state index contributed by atoms with van der Waals surface area (Å²) >= 11 is 0. The Labute approximate surface area is 163 Å². The van der Waals surface area contributed by atoms with Gasteiger partial charge in [-0.3, -0.25) is 0 Å². The minimum absolute atomic E-state index is 0.287. The number of rotatable bonds is 5. The molecule has 4 nitrogen and oxygen atoms in total. The first-order valence-corrected chi connectivity index (χ1v) is 9.08. The number of halogens is 1. The lowest BCUT2D eigenvalue weighted by molar-refractivity contribution is 0.493. The average molecular weight is 373 g/mol. The summed E-state index contributed by atoms with van der Waals surface area (Å²) in [7, 11) is 0. The van der Waals surface area contributed by atoms with Gasteiger partial charge < -0.3 is 9.73 Å². The first kappa shape index (κ1) is 17.9. The van der Waals surface area contributed by atoms with Crippen LogP contribution in [0, 0.1) is 19.7 Å². The van der Waals surface area contributed by atoms with Crippen molar-refractivity contribution >= 4 is 5.69 Å². The smallest absolute Gasteiger partial charge is 0.247 e. The third-order valence-corrected chi connectivity index (χ3v) is 4.60. The summed E-state index contributed by atoms with van der Waals surface area (Å²) in [6.45, 7) is 4.07. The quantitative estimate of drug-likeness (QED) is 0.488. The molecule has 1 aromatic heterocycles. The van der Waals surface area contributed by atoms with Crippen molar-refractivity contribution in [3.05, 3.63) is 101 Å². The van der Waals surface area contributed by atoms with Gasteiger partial charge in [-0.15, -0.1) is 10.2 Å². The lowest BCUT2D eigenvalue weighted by atomic mass is 10.0. The van der Waals surface area contributed by atoms with Gasteiger partial charge in [0, 0.05) is 11.3 Å². The maximum atomic E-state index is 13.5. The number of hydrogen-bond donors (Lipinski definition) is 1. The number of nitrogens with one attached hydrogen (secondary N) is 1. The molecule has 0 saturated heterocycles. The van der Waals surface area contributed by atoms with Crippen molar-refractivity contribution in [3.63, 3.8) is 0 Å². The second kappa shape index (κ2) is 7.64. The van der Waals surface area contributed by atoms with Crippen LogP contribution >= 0.6 is 0 Å². The van der Waals surface area contributed by atoms with Crippen LogP contribution in [0.2, 0.25) is 0 Å². The molecule has 0 saturated carbocycles. The van der Waals surface area contributed by atoms with Crippen LogP contribution in [0.5, 0.6) is 0 Å². The van der Waals surface area contributed by atoms with Crippen molar-refractivity contribution in [2.24, 2.45) is 0 Å². The number of aryl methyl sites for hydroxylation is 2. The van der Waals surface area contributed by atoms with Crippen LogP contribution in [-0.4, -0.2) is 10.2 Å². The highest BCUT2D eigenvalue weighted by Gasteiger charge is 2.22. The number of anilines is 1. The lowest BCUT2D eigenvalue weighted by Gasteiger charge is -2.19. The molecule has 0 unspecified atom stereocenters. The SMILES string of the molecule is Cc1ccc(C)c(N[C@@H](c2ccc(F)cc2)c2nnc(-c3ccccc3)o2)c1. The van der Waals surface area contributed by atoms with Crippen LogP contribution in [0.25, 0.3) is 11.5 Å². The van der Waals surface area contributed by atoms with Gasteiger partial charge in [0.05, 0.1) is 0 Å². The molecule has 0 aliphatic rings. The number of hydrogen-bond acceptors (Lipinski definition) is 4. The molecule has 4 aromatic rings. The predicted molar refractivity (Wildman–Crippen MR) is 108 cm³/mol. The fraction of sp³-hybridized carbons (Fsp3) is 0.130. The molecule has 1 atom stereocenters. The highest BCUT2D eigenvalue weighted by atomic mass is 19.1. The Balaban J connectivity index is 1.74. The number of benzene rings is 3. The molecule has 4 rings (SSSR count). The van der Waals surface area contributed by atoms with E-state index in [1.807, 2.05) is 44.2 Å². The number of nitrogens with zero attached hydrogens (tertiary/aromatic N) is 2. The van der Waals surface area contributed by atoms with Gasteiger partial charge >= 0.3 is 0 Å². The van der Waals surface area contributed by atoms with Crippen LogP contribution in [0.4, 0.5) is 10.1 Å². The third-order valence-electron chi connectivity index (χ3n) is 4.60. The van der Waals surface area contributed by atoms with Gasteiger partial charge in [-0.25, -0.2) is 4.39 Å². The van der Waals surface area contributed by atoms with Crippen LogP contribution in [-0.2, 0) is 0 Å². The summed E-state index contributed by atoms with van der Waals surface area (Å²) in [5.41, 5.74) is 4.90. The Bertz CT molecular complexity index is 1070. The van der Waals surface area contributed by atoms with Gasteiger partial charge in [-0.2, -0.15) is 0 Å². The Morgan fingerprint density at radius 3 is 2.39 bits per heavy atom. The molecule has 0 amide bonds. The van der Waals surface area contributed by atoms with Crippen LogP contribution in [0.15, 0.2) is 77.2 Å². The second-order valence-corrected chi connectivity index (χ2v) is 6.76. The molecule has 0 aliphatic heterocycles. The maximum absolute atomic E-state index is 13.5. The molecule has 1 heterocycles. The van der Waals surface area contributed by atoms with Gasteiger partial charge in [-0.05, 0) is 60.9 Å². The summed E-state index contributed by atoms with van der Waals surface area (Å²) in [4.78, 5) is 0. The zero-order valence-electron chi connectivity index (χ0n) is 15.7. The van der Waals surface area contributed by atoms with Gasteiger partial charge in [0.1, 0.15) is 11.9 Å². The third kappa shape index (κ3) is 3.78. The molecule has 28 heavy (non-hydrogen) atoms. The summed E-state index contributed by atoms with van der Waals surface area (Å²) in [6, 6.07) is 21.7. The summed E-state index contributed by atoms with van der Waals surface area (Å²) < 4.78 is 19.4. The standard InChI is InChI=1S/C23H20FN3O/c1-15-8-9-16(2)20(14-15)25-21(17-10-12-19(24)13-11-17)23-27-26-22(28-23)18-6-4-3-5-7-18/h3-14,21,25H,1-2H3/t21-/m0/s1. The maximum Gasteiger partial charge on any atom is 0.247 e. The number of aromatic nitrogens is 2. The Hall–Kier alpha value is -3.47. The first-order chi connectivity index (χ1) is 13.6. The minimum Gasteiger partial charge on any atom is -0.418 e. The first-order valence-electron chi connectivity index (χ1n) is 9.08. The lowest BCUT2D eigenvalue weighted by Crippen LogP contribution is -2.14. The van der Waals surface area contributed by atoms with E-state index in [2.05, 4.69) is 33.7 Å².